The molecule has 0 amide bonds. The second-order valence-corrected chi connectivity index (χ2v) is 13.3. The number of hydrogen-bond donors (Lipinski definition) is 0. The van der Waals surface area contributed by atoms with E-state index in [1.165, 1.54) is 48.1 Å². The lowest BCUT2D eigenvalue weighted by Crippen LogP contribution is -2.10. The molecule has 0 aliphatic heterocycles. The van der Waals surface area contributed by atoms with E-state index in [1.54, 1.807) is 0 Å². The van der Waals surface area contributed by atoms with E-state index in [0.717, 1.165) is 82.9 Å². The second-order valence-electron chi connectivity index (χ2n) is 12.2. The van der Waals surface area contributed by atoms with Crippen LogP contribution in [0.5, 0.6) is 0 Å². The molecule has 1 heterocycles. The van der Waals surface area contributed by atoms with Crippen molar-refractivity contribution in [2.75, 3.05) is 4.90 Å². The van der Waals surface area contributed by atoms with Crippen LogP contribution in [0.15, 0.2) is 84.4 Å². The zero-order chi connectivity index (χ0) is 34.1. The average molecular weight is 651 g/mol. The topological polar surface area (TPSA) is 74.6 Å². The normalized spacial score (nSPS) is 10.8. The minimum absolute atomic E-state index is 0.129. The van der Waals surface area contributed by atoms with Crippen molar-refractivity contribution in [2.45, 2.75) is 91.4 Å². The van der Waals surface area contributed by atoms with Crippen LogP contribution in [0.1, 0.15) is 104 Å². The molecule has 0 atom stereocenters. The standard InChI is InChI=1S/C43H46N4S/c1-4-7-10-11-14-36-29-41(48-43(36)42(32-46)37(30-44)31-45)28-21-35-19-26-40(27-20-35)47(38-22-15-33(16-23-38)12-8-5-2)39-24-17-34(18-25-39)13-9-6-3/h15-29H,4-14H2,1-3H3/b28-21+. The highest BCUT2D eigenvalue weighted by molar-refractivity contribution is 7.14. The van der Waals surface area contributed by atoms with Crippen molar-refractivity contribution in [3.63, 3.8) is 0 Å². The minimum Gasteiger partial charge on any atom is -0.311 e. The molecule has 0 aliphatic carbocycles. The fourth-order valence-corrected chi connectivity index (χ4v) is 6.89. The summed E-state index contributed by atoms with van der Waals surface area (Å²) in [6, 6.07) is 34.6. The van der Waals surface area contributed by atoms with E-state index in [0.29, 0.717) is 0 Å². The number of benzene rings is 3. The first-order valence-electron chi connectivity index (χ1n) is 17.4. The van der Waals surface area contributed by atoms with Crippen molar-refractivity contribution < 1.29 is 0 Å². The summed E-state index contributed by atoms with van der Waals surface area (Å²) in [4.78, 5) is 4.05. The molecule has 4 rings (SSSR count). The van der Waals surface area contributed by atoms with E-state index >= 15 is 0 Å². The van der Waals surface area contributed by atoms with Crippen molar-refractivity contribution in [3.8, 4) is 18.2 Å². The summed E-state index contributed by atoms with van der Waals surface area (Å²) >= 11 is 1.47. The van der Waals surface area contributed by atoms with Crippen LogP contribution in [0, 0.1) is 34.0 Å². The van der Waals surface area contributed by atoms with Gasteiger partial charge in [-0.1, -0.05) is 95.3 Å². The number of nitrogens with zero attached hydrogens (tertiary/aromatic N) is 4. The second kappa shape index (κ2) is 19.1. The van der Waals surface area contributed by atoms with E-state index in [-0.39, 0.29) is 11.1 Å². The molecule has 0 fully saturated rings. The van der Waals surface area contributed by atoms with Crippen molar-refractivity contribution in [2.24, 2.45) is 0 Å². The molecule has 4 nitrogen and oxygen atoms in total. The van der Waals surface area contributed by atoms with Crippen molar-refractivity contribution in [3.05, 3.63) is 116 Å². The van der Waals surface area contributed by atoms with Crippen LogP contribution in [0.4, 0.5) is 17.1 Å². The molecule has 0 unspecified atom stereocenters. The van der Waals surface area contributed by atoms with Crippen molar-refractivity contribution in [1.29, 1.82) is 15.8 Å². The summed E-state index contributed by atoms with van der Waals surface area (Å²) in [6.45, 7) is 6.64. The summed E-state index contributed by atoms with van der Waals surface area (Å²) < 4.78 is 0. The predicted molar refractivity (Wildman–Crippen MR) is 203 cm³/mol. The van der Waals surface area contributed by atoms with E-state index in [9.17, 15) is 15.8 Å². The predicted octanol–water partition coefficient (Wildman–Crippen LogP) is 12.5. The lowest BCUT2D eigenvalue weighted by atomic mass is 10.0. The largest absolute Gasteiger partial charge is 0.311 e. The highest BCUT2D eigenvalue weighted by Crippen LogP contribution is 2.36. The molecule has 5 heteroatoms. The van der Waals surface area contributed by atoms with Gasteiger partial charge in [0.05, 0.1) is 10.5 Å². The fourth-order valence-electron chi connectivity index (χ4n) is 5.77. The first-order valence-corrected chi connectivity index (χ1v) is 18.2. The van der Waals surface area contributed by atoms with Gasteiger partial charge in [0.25, 0.3) is 0 Å². The minimum atomic E-state index is -0.129. The molecule has 0 spiro atoms. The highest BCUT2D eigenvalue weighted by atomic mass is 32.1. The van der Waals surface area contributed by atoms with Gasteiger partial charge in [-0.3, -0.25) is 0 Å². The third-order valence-corrected chi connectivity index (χ3v) is 9.72. The third kappa shape index (κ3) is 9.81. The summed E-state index contributed by atoms with van der Waals surface area (Å²) in [5, 5.41) is 28.8. The Morgan fingerprint density at radius 2 is 1.12 bits per heavy atom. The van der Waals surface area contributed by atoms with Gasteiger partial charge >= 0.3 is 0 Å². The van der Waals surface area contributed by atoms with Gasteiger partial charge in [0.2, 0.25) is 0 Å². The molecule has 0 aliphatic rings. The van der Waals surface area contributed by atoms with Crippen LogP contribution >= 0.6 is 11.3 Å². The summed E-state index contributed by atoms with van der Waals surface area (Å²) in [6.07, 6.45) is 16.4. The van der Waals surface area contributed by atoms with E-state index in [4.69, 9.17) is 0 Å². The van der Waals surface area contributed by atoms with E-state index < -0.39 is 0 Å². The van der Waals surface area contributed by atoms with Crippen LogP contribution in [0.25, 0.3) is 17.7 Å². The highest BCUT2D eigenvalue weighted by Gasteiger charge is 2.17. The maximum Gasteiger partial charge on any atom is 0.148 e. The summed E-state index contributed by atoms with van der Waals surface area (Å²) in [7, 11) is 0. The van der Waals surface area contributed by atoms with Crippen LogP contribution in [-0.4, -0.2) is 0 Å². The maximum absolute atomic E-state index is 9.87. The van der Waals surface area contributed by atoms with Crippen LogP contribution in [0.2, 0.25) is 0 Å². The van der Waals surface area contributed by atoms with Crippen LogP contribution in [0.3, 0.4) is 0 Å². The fraction of sp³-hybridized carbons (Fsp3) is 0.326. The number of hydrogen-bond acceptors (Lipinski definition) is 5. The Kier molecular flexibility index (Phi) is 14.3. The molecule has 48 heavy (non-hydrogen) atoms. The monoisotopic (exact) mass is 650 g/mol. The first kappa shape index (κ1) is 36.0. The molecule has 0 saturated heterocycles. The zero-order valence-electron chi connectivity index (χ0n) is 28.6. The third-order valence-electron chi connectivity index (χ3n) is 8.56. The van der Waals surface area contributed by atoms with Gasteiger partial charge < -0.3 is 4.90 Å². The van der Waals surface area contributed by atoms with Crippen molar-refractivity contribution >= 4 is 46.1 Å². The molecule has 3 aromatic carbocycles. The van der Waals surface area contributed by atoms with E-state index in [1.807, 2.05) is 12.1 Å². The number of nitriles is 3. The van der Waals surface area contributed by atoms with Gasteiger partial charge in [-0.15, -0.1) is 11.3 Å². The number of rotatable bonds is 17. The van der Waals surface area contributed by atoms with Gasteiger partial charge in [-0.05, 0) is 109 Å². The van der Waals surface area contributed by atoms with Gasteiger partial charge in [0, 0.05) is 21.9 Å². The molecular formula is C43H46N4S. The van der Waals surface area contributed by atoms with Gasteiger partial charge in [-0.25, -0.2) is 0 Å². The lowest BCUT2D eigenvalue weighted by Gasteiger charge is -2.26. The van der Waals surface area contributed by atoms with E-state index in [2.05, 4.69) is 123 Å². The Balaban J connectivity index is 1.62. The molecule has 0 N–H and O–H groups in total. The van der Waals surface area contributed by atoms with Gasteiger partial charge in [-0.2, -0.15) is 15.8 Å². The first-order chi connectivity index (χ1) is 23.5. The maximum atomic E-state index is 9.87. The number of unbranched alkanes of at least 4 members (excludes halogenated alkanes) is 5. The van der Waals surface area contributed by atoms with Crippen LogP contribution in [-0.2, 0) is 19.3 Å². The summed E-state index contributed by atoms with van der Waals surface area (Å²) in [5.41, 5.74) is 8.23. The lowest BCUT2D eigenvalue weighted by molar-refractivity contribution is 0.667. The smallest absolute Gasteiger partial charge is 0.148 e. The molecular weight excluding hydrogens is 605 g/mol. The molecule has 244 valence electrons. The number of aryl methyl sites for hydroxylation is 3. The van der Waals surface area contributed by atoms with Gasteiger partial charge in [0.15, 0.2) is 0 Å². The number of thiophene rings is 1. The quantitative estimate of drug-likeness (QED) is 0.0841. The molecule has 1 aromatic heterocycles. The van der Waals surface area contributed by atoms with Gasteiger partial charge in [0.1, 0.15) is 23.8 Å². The van der Waals surface area contributed by atoms with Crippen LogP contribution < -0.4 is 4.90 Å². The Morgan fingerprint density at radius 1 is 0.604 bits per heavy atom. The number of anilines is 3. The Bertz CT molecular complexity index is 1720. The van der Waals surface area contributed by atoms with Crippen molar-refractivity contribution in [1.82, 2.24) is 0 Å². The zero-order valence-corrected chi connectivity index (χ0v) is 29.5. The Hall–Kier alpha value is -4.89. The number of allylic oxidation sites excluding steroid dienone is 2. The SMILES string of the molecule is CCCCCCc1cc(/C=C/c2ccc(N(c3ccc(CCCC)cc3)c3ccc(CCCC)cc3)cc2)sc1C(C#N)=C(C#N)C#N. The molecule has 0 bridgehead atoms. The average Bonchev–Trinajstić information content (AvgIpc) is 3.53. The Labute approximate surface area is 291 Å². The summed E-state index contributed by atoms with van der Waals surface area (Å²) in [5.74, 6) is 0. The molecule has 4 aromatic rings. The Morgan fingerprint density at radius 3 is 1.60 bits per heavy atom. The molecule has 0 radical (unpaired) electrons. The molecule has 0 saturated carbocycles.